The lowest BCUT2D eigenvalue weighted by Crippen LogP contribution is -2.44. The molecule has 1 fully saturated rings. The maximum Gasteiger partial charge on any atom is 0.108 e. The van der Waals surface area contributed by atoms with Crippen molar-refractivity contribution in [2.75, 3.05) is 32.9 Å². The van der Waals surface area contributed by atoms with Gasteiger partial charge in [-0.1, -0.05) is 0 Å². The van der Waals surface area contributed by atoms with Crippen molar-refractivity contribution in [1.82, 2.24) is 4.90 Å². The molecule has 0 aliphatic carbocycles. The highest BCUT2D eigenvalue weighted by Gasteiger charge is 2.17. The molecule has 0 bridgehead atoms. The third-order valence-electron chi connectivity index (χ3n) is 2.14. The summed E-state index contributed by atoms with van der Waals surface area (Å²) in [6.07, 6.45) is -0.304. The Labute approximate surface area is 79.4 Å². The molecule has 0 amide bonds. The summed E-state index contributed by atoms with van der Waals surface area (Å²) in [6, 6.07) is 0. The maximum absolute atomic E-state index is 9.03. The largest absolute Gasteiger partial charge is 0.391 e. The predicted molar refractivity (Wildman–Crippen MR) is 49.5 cm³/mol. The number of nitrogens with zero attached hydrogens (tertiary/aromatic N) is 1. The molecule has 1 rings (SSSR count). The Hall–Kier alpha value is -0.160. The normalized spacial score (nSPS) is 24.2. The van der Waals surface area contributed by atoms with E-state index >= 15 is 0 Å². The molecule has 0 aromatic rings. The average Bonchev–Trinajstić information content (AvgIpc) is 2.15. The average molecular weight is 189 g/mol. The summed E-state index contributed by atoms with van der Waals surface area (Å²) < 4.78 is 10.7. The molecule has 2 atom stereocenters. The van der Waals surface area contributed by atoms with E-state index in [-0.39, 0.29) is 12.3 Å². The van der Waals surface area contributed by atoms with Crippen molar-refractivity contribution in [1.29, 1.82) is 0 Å². The van der Waals surface area contributed by atoms with Gasteiger partial charge < -0.3 is 14.6 Å². The fourth-order valence-electron chi connectivity index (χ4n) is 1.33. The van der Waals surface area contributed by atoms with Crippen LogP contribution in [0.4, 0.5) is 0 Å². The van der Waals surface area contributed by atoms with Gasteiger partial charge in [-0.15, -0.1) is 0 Å². The second-order valence-corrected chi connectivity index (χ2v) is 3.43. The Balaban J connectivity index is 2.17. The van der Waals surface area contributed by atoms with E-state index in [0.29, 0.717) is 6.61 Å². The molecule has 0 spiro atoms. The smallest absolute Gasteiger partial charge is 0.108 e. The number of ether oxygens (including phenoxy) is 2. The quantitative estimate of drug-likeness (QED) is 0.679. The highest BCUT2D eigenvalue weighted by atomic mass is 16.5. The fourth-order valence-corrected chi connectivity index (χ4v) is 1.33. The summed E-state index contributed by atoms with van der Waals surface area (Å²) in [4.78, 5) is 2.21. The first kappa shape index (κ1) is 10.9. The minimum atomic E-state index is -0.386. The van der Waals surface area contributed by atoms with Gasteiger partial charge in [0, 0.05) is 13.1 Å². The van der Waals surface area contributed by atoms with Crippen LogP contribution in [0.25, 0.3) is 0 Å². The molecule has 1 N–H and O–H groups in total. The molecule has 1 heterocycles. The van der Waals surface area contributed by atoms with Gasteiger partial charge in [-0.05, 0) is 13.8 Å². The Bertz CT molecular complexity index is 135. The third-order valence-corrected chi connectivity index (χ3v) is 2.14. The third kappa shape index (κ3) is 4.04. The molecule has 0 aromatic heterocycles. The number of rotatable bonds is 4. The lowest BCUT2D eigenvalue weighted by molar-refractivity contribution is -0.102. The first-order valence-electron chi connectivity index (χ1n) is 4.81. The van der Waals surface area contributed by atoms with Gasteiger partial charge >= 0.3 is 0 Å². The van der Waals surface area contributed by atoms with Crippen molar-refractivity contribution < 1.29 is 14.6 Å². The van der Waals surface area contributed by atoms with Crippen LogP contribution >= 0.6 is 0 Å². The molecule has 0 aromatic carbocycles. The molecule has 78 valence electrons. The van der Waals surface area contributed by atoms with Gasteiger partial charge in [0.2, 0.25) is 0 Å². The topological polar surface area (TPSA) is 41.9 Å². The van der Waals surface area contributed by atoms with E-state index < -0.39 is 0 Å². The molecule has 0 saturated carbocycles. The van der Waals surface area contributed by atoms with Crippen molar-refractivity contribution in [2.45, 2.75) is 26.2 Å². The van der Waals surface area contributed by atoms with Gasteiger partial charge in [-0.25, -0.2) is 0 Å². The van der Waals surface area contributed by atoms with Crippen molar-refractivity contribution in [3.8, 4) is 0 Å². The molecule has 1 saturated heterocycles. The maximum atomic E-state index is 9.03. The number of morpholine rings is 1. The van der Waals surface area contributed by atoms with E-state index in [1.54, 1.807) is 6.92 Å². The van der Waals surface area contributed by atoms with Crippen molar-refractivity contribution in [3.05, 3.63) is 0 Å². The number of hydrogen-bond donors (Lipinski definition) is 1. The second kappa shape index (κ2) is 5.54. The van der Waals surface area contributed by atoms with Gasteiger partial charge in [-0.3, -0.25) is 4.90 Å². The van der Waals surface area contributed by atoms with Crippen LogP contribution in [0.3, 0.4) is 0 Å². The minimum absolute atomic E-state index is 0.0819. The zero-order chi connectivity index (χ0) is 9.68. The Morgan fingerprint density at radius 1 is 1.38 bits per heavy atom. The van der Waals surface area contributed by atoms with Crippen LogP contribution in [-0.4, -0.2) is 55.2 Å². The Kier molecular flexibility index (Phi) is 4.66. The molecule has 2 unspecified atom stereocenters. The van der Waals surface area contributed by atoms with Gasteiger partial charge in [-0.2, -0.15) is 0 Å². The van der Waals surface area contributed by atoms with E-state index in [4.69, 9.17) is 14.6 Å². The first-order chi connectivity index (χ1) is 6.20. The Morgan fingerprint density at radius 2 is 2.00 bits per heavy atom. The summed E-state index contributed by atoms with van der Waals surface area (Å²) in [5.74, 6) is 0. The molecule has 13 heavy (non-hydrogen) atoms. The van der Waals surface area contributed by atoms with Crippen LogP contribution in [0.15, 0.2) is 0 Å². The molecule has 4 nitrogen and oxygen atoms in total. The lowest BCUT2D eigenvalue weighted by atomic mass is 10.4. The first-order valence-corrected chi connectivity index (χ1v) is 4.81. The lowest BCUT2D eigenvalue weighted by Gasteiger charge is -2.32. The van der Waals surface area contributed by atoms with Crippen LogP contribution in [0.5, 0.6) is 0 Å². The zero-order valence-electron chi connectivity index (χ0n) is 8.40. The van der Waals surface area contributed by atoms with E-state index in [1.807, 2.05) is 6.92 Å². The van der Waals surface area contributed by atoms with Crippen LogP contribution in [0.2, 0.25) is 0 Å². The fraction of sp³-hybridized carbons (Fsp3) is 1.00. The van der Waals surface area contributed by atoms with E-state index in [1.165, 1.54) is 0 Å². The summed E-state index contributed by atoms with van der Waals surface area (Å²) in [7, 11) is 0. The SMILES string of the molecule is CC(O)COC(C)N1CCOCC1. The summed E-state index contributed by atoms with van der Waals surface area (Å²) in [5, 5.41) is 9.03. The van der Waals surface area contributed by atoms with Crippen molar-refractivity contribution in [2.24, 2.45) is 0 Å². The number of aliphatic hydroxyl groups is 1. The number of aliphatic hydroxyl groups excluding tert-OH is 1. The molecule has 0 radical (unpaired) electrons. The van der Waals surface area contributed by atoms with Crippen molar-refractivity contribution >= 4 is 0 Å². The zero-order valence-corrected chi connectivity index (χ0v) is 8.40. The summed E-state index contributed by atoms with van der Waals surface area (Å²) in [6.45, 7) is 7.53. The number of hydrogen-bond acceptors (Lipinski definition) is 4. The van der Waals surface area contributed by atoms with Crippen LogP contribution in [0, 0.1) is 0 Å². The molecular weight excluding hydrogens is 170 g/mol. The van der Waals surface area contributed by atoms with Gasteiger partial charge in [0.05, 0.1) is 25.9 Å². The van der Waals surface area contributed by atoms with Crippen LogP contribution < -0.4 is 0 Å². The van der Waals surface area contributed by atoms with Crippen LogP contribution in [-0.2, 0) is 9.47 Å². The molecule has 4 heteroatoms. The van der Waals surface area contributed by atoms with Gasteiger partial charge in [0.15, 0.2) is 0 Å². The van der Waals surface area contributed by atoms with E-state index in [0.717, 1.165) is 26.3 Å². The predicted octanol–water partition coefficient (Wildman–Crippen LogP) is 0.0620. The van der Waals surface area contributed by atoms with Gasteiger partial charge in [0.25, 0.3) is 0 Å². The minimum Gasteiger partial charge on any atom is -0.391 e. The highest BCUT2D eigenvalue weighted by Crippen LogP contribution is 2.04. The van der Waals surface area contributed by atoms with E-state index in [9.17, 15) is 0 Å². The summed E-state index contributed by atoms with van der Waals surface area (Å²) in [5.41, 5.74) is 0. The standard InChI is InChI=1S/C9H19NO3/c1-8(11)7-13-9(2)10-3-5-12-6-4-10/h8-9,11H,3-7H2,1-2H3. The van der Waals surface area contributed by atoms with E-state index in [2.05, 4.69) is 4.90 Å². The highest BCUT2D eigenvalue weighted by molar-refractivity contribution is 4.63. The second-order valence-electron chi connectivity index (χ2n) is 3.43. The molecule has 1 aliphatic heterocycles. The van der Waals surface area contributed by atoms with Crippen LogP contribution in [0.1, 0.15) is 13.8 Å². The molecule has 1 aliphatic rings. The monoisotopic (exact) mass is 189 g/mol. The van der Waals surface area contributed by atoms with Crippen molar-refractivity contribution in [3.63, 3.8) is 0 Å². The molecular formula is C9H19NO3. The van der Waals surface area contributed by atoms with Gasteiger partial charge in [0.1, 0.15) is 6.23 Å². The Morgan fingerprint density at radius 3 is 2.54 bits per heavy atom. The summed E-state index contributed by atoms with van der Waals surface area (Å²) >= 11 is 0.